The average Bonchev–Trinajstić information content (AvgIpc) is 2.30. The predicted octanol–water partition coefficient (Wildman–Crippen LogP) is 3.17. The maximum Gasteiger partial charge on any atom is 0.364 e. The molecule has 0 bridgehead atoms. The molecular formula is C11H9Cl3O4. The van der Waals surface area contributed by atoms with Crippen LogP contribution < -0.4 is 9.47 Å². The first-order chi connectivity index (χ1) is 8.38. The van der Waals surface area contributed by atoms with E-state index in [4.69, 9.17) is 44.3 Å². The summed E-state index contributed by atoms with van der Waals surface area (Å²) in [7, 11) is 0. The molecule has 0 atom stereocenters. The highest BCUT2D eigenvalue weighted by molar-refractivity contribution is 6.75. The highest BCUT2D eigenvalue weighted by Crippen LogP contribution is 2.33. The lowest BCUT2D eigenvalue weighted by Crippen LogP contribution is -2.25. The number of ether oxygens (including phenoxy) is 2. The minimum absolute atomic E-state index is 0.0822. The van der Waals surface area contributed by atoms with E-state index in [1.165, 1.54) is 18.2 Å². The van der Waals surface area contributed by atoms with E-state index in [-0.39, 0.29) is 11.5 Å². The van der Waals surface area contributed by atoms with Gasteiger partial charge in [0, 0.05) is 5.56 Å². The monoisotopic (exact) mass is 310 g/mol. The molecule has 0 saturated carbocycles. The number of carbonyl (C=O) groups is 2. The van der Waals surface area contributed by atoms with Gasteiger partial charge in [-0.15, -0.1) is 0 Å². The van der Waals surface area contributed by atoms with E-state index in [0.29, 0.717) is 18.5 Å². The van der Waals surface area contributed by atoms with Crippen LogP contribution >= 0.6 is 34.8 Å². The lowest BCUT2D eigenvalue weighted by Gasteiger charge is -2.13. The molecule has 0 heterocycles. The van der Waals surface area contributed by atoms with Crippen molar-refractivity contribution in [2.75, 3.05) is 6.61 Å². The van der Waals surface area contributed by atoms with Crippen molar-refractivity contribution in [1.82, 2.24) is 0 Å². The summed E-state index contributed by atoms with van der Waals surface area (Å²) in [6.45, 7) is 2.08. The van der Waals surface area contributed by atoms with Gasteiger partial charge in [-0.25, -0.2) is 4.79 Å². The lowest BCUT2D eigenvalue weighted by atomic mass is 10.2. The highest BCUT2D eigenvalue weighted by Gasteiger charge is 2.33. The fraction of sp³-hybridized carbons (Fsp3) is 0.273. The van der Waals surface area contributed by atoms with Crippen molar-refractivity contribution < 1.29 is 19.1 Å². The topological polar surface area (TPSA) is 52.6 Å². The van der Waals surface area contributed by atoms with Gasteiger partial charge >= 0.3 is 5.97 Å². The Labute approximate surface area is 119 Å². The van der Waals surface area contributed by atoms with E-state index >= 15 is 0 Å². The number of alkyl halides is 3. The van der Waals surface area contributed by atoms with Crippen molar-refractivity contribution in [1.29, 1.82) is 0 Å². The predicted molar refractivity (Wildman–Crippen MR) is 68.9 cm³/mol. The van der Waals surface area contributed by atoms with E-state index < -0.39 is 9.76 Å². The molecule has 0 unspecified atom stereocenters. The van der Waals surface area contributed by atoms with Gasteiger partial charge in [-0.1, -0.05) is 34.8 Å². The van der Waals surface area contributed by atoms with Gasteiger partial charge in [-0.2, -0.15) is 0 Å². The van der Waals surface area contributed by atoms with Crippen LogP contribution in [0.5, 0.6) is 11.5 Å². The number of halogens is 3. The molecular weight excluding hydrogens is 302 g/mol. The van der Waals surface area contributed by atoms with Gasteiger partial charge in [0.15, 0.2) is 11.5 Å². The number of rotatable bonds is 4. The third-order valence-corrected chi connectivity index (χ3v) is 2.30. The van der Waals surface area contributed by atoms with Gasteiger partial charge < -0.3 is 9.47 Å². The highest BCUT2D eigenvalue weighted by atomic mass is 35.6. The first-order valence-electron chi connectivity index (χ1n) is 4.89. The molecule has 1 aromatic rings. The number of hydrogen-bond acceptors (Lipinski definition) is 4. The summed E-state index contributed by atoms with van der Waals surface area (Å²) in [5.41, 5.74) is 0.382. The Morgan fingerprint density at radius 1 is 1.33 bits per heavy atom. The number of hydrogen-bond donors (Lipinski definition) is 0. The Hall–Kier alpha value is -0.970. The number of aldehydes is 1. The van der Waals surface area contributed by atoms with Gasteiger partial charge in [-0.3, -0.25) is 4.79 Å². The third kappa shape index (κ3) is 4.05. The van der Waals surface area contributed by atoms with Crippen LogP contribution in [-0.2, 0) is 4.79 Å². The van der Waals surface area contributed by atoms with Crippen LogP contribution in [0.25, 0.3) is 0 Å². The molecule has 0 saturated heterocycles. The molecule has 7 heteroatoms. The molecule has 18 heavy (non-hydrogen) atoms. The van der Waals surface area contributed by atoms with E-state index in [2.05, 4.69) is 0 Å². The normalized spacial score (nSPS) is 10.9. The molecule has 1 aromatic carbocycles. The van der Waals surface area contributed by atoms with E-state index in [1.807, 2.05) is 0 Å². The molecule has 0 aromatic heterocycles. The van der Waals surface area contributed by atoms with Crippen molar-refractivity contribution in [2.24, 2.45) is 0 Å². The summed E-state index contributed by atoms with van der Waals surface area (Å²) in [6, 6.07) is 4.27. The first-order valence-corrected chi connectivity index (χ1v) is 6.03. The Morgan fingerprint density at radius 2 is 2.00 bits per heavy atom. The second kappa shape index (κ2) is 6.27. The largest absolute Gasteiger partial charge is 0.490 e. The zero-order chi connectivity index (χ0) is 13.8. The molecule has 0 aliphatic rings. The summed E-state index contributed by atoms with van der Waals surface area (Å²) in [5.74, 6) is -0.740. The molecule has 4 nitrogen and oxygen atoms in total. The standard InChI is InChI=1S/C11H9Cl3O4/c1-2-17-9-5-7(6-15)3-4-8(9)18-10(16)11(12,13)14/h3-6H,2H2,1H3. The fourth-order valence-electron chi connectivity index (χ4n) is 1.11. The van der Waals surface area contributed by atoms with E-state index in [9.17, 15) is 9.59 Å². The Bertz CT molecular complexity index is 454. The lowest BCUT2D eigenvalue weighted by molar-refractivity contribution is -0.133. The molecule has 0 amide bonds. The Morgan fingerprint density at radius 3 is 2.50 bits per heavy atom. The van der Waals surface area contributed by atoms with Crippen LogP contribution in [0.3, 0.4) is 0 Å². The first kappa shape index (κ1) is 15.1. The molecule has 0 radical (unpaired) electrons. The van der Waals surface area contributed by atoms with E-state index in [1.54, 1.807) is 6.92 Å². The second-order valence-electron chi connectivity index (χ2n) is 3.14. The molecule has 1 rings (SSSR count). The number of esters is 1. The minimum atomic E-state index is -2.17. The van der Waals surface area contributed by atoms with Crippen LogP contribution in [0, 0.1) is 0 Å². The molecule has 98 valence electrons. The maximum absolute atomic E-state index is 11.4. The van der Waals surface area contributed by atoms with Crippen LogP contribution in [0.15, 0.2) is 18.2 Å². The summed E-state index contributed by atoms with van der Waals surface area (Å²) in [6.07, 6.45) is 0.642. The smallest absolute Gasteiger partial charge is 0.364 e. The summed E-state index contributed by atoms with van der Waals surface area (Å²) in [4.78, 5) is 22.0. The van der Waals surface area contributed by atoms with Gasteiger partial charge in [0.2, 0.25) is 0 Å². The van der Waals surface area contributed by atoms with Crippen molar-refractivity contribution in [3.8, 4) is 11.5 Å². The van der Waals surface area contributed by atoms with Crippen molar-refractivity contribution in [3.63, 3.8) is 0 Å². The van der Waals surface area contributed by atoms with Crippen LogP contribution in [-0.4, -0.2) is 22.7 Å². The maximum atomic E-state index is 11.4. The summed E-state index contributed by atoms with van der Waals surface area (Å²) < 4.78 is 7.94. The summed E-state index contributed by atoms with van der Waals surface area (Å²) >= 11 is 16.1. The molecule has 0 aliphatic heterocycles. The third-order valence-electron chi connectivity index (χ3n) is 1.84. The minimum Gasteiger partial charge on any atom is -0.490 e. The molecule has 0 fully saturated rings. The number of benzene rings is 1. The zero-order valence-electron chi connectivity index (χ0n) is 9.28. The van der Waals surface area contributed by atoms with Crippen molar-refractivity contribution >= 4 is 47.1 Å². The number of carbonyl (C=O) groups excluding carboxylic acids is 2. The SMILES string of the molecule is CCOc1cc(C=O)ccc1OC(=O)C(Cl)(Cl)Cl. The van der Waals surface area contributed by atoms with Gasteiger partial charge in [0.05, 0.1) is 6.61 Å². The van der Waals surface area contributed by atoms with Crippen LogP contribution in [0.1, 0.15) is 17.3 Å². The van der Waals surface area contributed by atoms with Crippen molar-refractivity contribution in [3.05, 3.63) is 23.8 Å². The van der Waals surface area contributed by atoms with Gasteiger partial charge in [0.1, 0.15) is 6.29 Å². The zero-order valence-corrected chi connectivity index (χ0v) is 11.6. The Balaban J connectivity index is 3.01. The van der Waals surface area contributed by atoms with Crippen LogP contribution in [0.2, 0.25) is 0 Å². The van der Waals surface area contributed by atoms with E-state index in [0.717, 1.165) is 0 Å². The Kier molecular flexibility index (Phi) is 5.26. The van der Waals surface area contributed by atoms with Crippen LogP contribution in [0.4, 0.5) is 0 Å². The fourth-order valence-corrected chi connectivity index (χ4v) is 1.22. The molecule has 0 aliphatic carbocycles. The quantitative estimate of drug-likeness (QED) is 0.371. The molecule has 0 N–H and O–H groups in total. The average molecular weight is 312 g/mol. The van der Waals surface area contributed by atoms with Gasteiger partial charge in [0.25, 0.3) is 3.79 Å². The van der Waals surface area contributed by atoms with Gasteiger partial charge in [-0.05, 0) is 25.1 Å². The summed E-state index contributed by atoms with van der Waals surface area (Å²) in [5, 5.41) is 0. The van der Waals surface area contributed by atoms with Crippen molar-refractivity contribution in [2.45, 2.75) is 10.7 Å². The molecule has 0 spiro atoms. The second-order valence-corrected chi connectivity index (χ2v) is 5.43.